The molecular formula is C27H28FN2O5+. The molecule has 0 fully saturated rings. The minimum Gasteiger partial charge on any atom is -0.497 e. The summed E-state index contributed by atoms with van der Waals surface area (Å²) in [5.41, 5.74) is 3.54. The second-order valence-corrected chi connectivity index (χ2v) is 8.68. The largest absolute Gasteiger partial charge is 0.497 e. The molecule has 182 valence electrons. The Labute approximate surface area is 203 Å². The lowest BCUT2D eigenvalue weighted by atomic mass is 9.95. The maximum Gasteiger partial charge on any atom is 0.435 e. The van der Waals surface area contributed by atoms with Crippen molar-refractivity contribution in [3.05, 3.63) is 76.2 Å². The van der Waals surface area contributed by atoms with Crippen molar-refractivity contribution in [2.24, 2.45) is 5.92 Å². The zero-order valence-electron chi connectivity index (χ0n) is 20.2. The third-order valence-corrected chi connectivity index (χ3v) is 6.25. The van der Waals surface area contributed by atoms with Gasteiger partial charge in [-0.3, -0.25) is 4.98 Å². The van der Waals surface area contributed by atoms with Crippen molar-refractivity contribution in [2.75, 3.05) is 21.3 Å². The molecule has 7 nitrogen and oxygen atoms in total. The molecule has 35 heavy (non-hydrogen) atoms. The third-order valence-electron chi connectivity index (χ3n) is 6.25. The maximum atomic E-state index is 14.5. The van der Waals surface area contributed by atoms with Gasteiger partial charge in [-0.05, 0) is 61.6 Å². The summed E-state index contributed by atoms with van der Waals surface area (Å²) in [7, 11) is 4.28. The molecule has 2 atom stereocenters. The van der Waals surface area contributed by atoms with Gasteiger partial charge in [0.15, 0.2) is 7.05 Å². The van der Waals surface area contributed by atoms with E-state index in [1.54, 1.807) is 31.3 Å². The number of carbonyl (C=O) groups is 1. The van der Waals surface area contributed by atoms with Crippen LogP contribution in [-0.4, -0.2) is 36.9 Å². The fourth-order valence-electron chi connectivity index (χ4n) is 4.34. The van der Waals surface area contributed by atoms with E-state index in [9.17, 15) is 14.1 Å². The second kappa shape index (κ2) is 10.2. The zero-order valence-corrected chi connectivity index (χ0v) is 20.2. The maximum absolute atomic E-state index is 14.5. The van der Waals surface area contributed by atoms with E-state index < -0.39 is 17.6 Å². The summed E-state index contributed by atoms with van der Waals surface area (Å²) >= 11 is 0. The molecule has 2 unspecified atom stereocenters. The Bertz CT molecular complexity index is 1280. The molecule has 1 amide bonds. The van der Waals surface area contributed by atoms with Crippen LogP contribution < -0.4 is 14.2 Å². The molecule has 0 saturated carbocycles. The number of amides is 1. The Morgan fingerprint density at radius 2 is 1.97 bits per heavy atom. The van der Waals surface area contributed by atoms with E-state index in [1.165, 1.54) is 27.3 Å². The Balaban J connectivity index is 1.58. The molecule has 0 N–H and O–H groups in total. The summed E-state index contributed by atoms with van der Waals surface area (Å²) in [5, 5.41) is 0. The average molecular weight is 480 g/mol. The lowest BCUT2D eigenvalue weighted by Crippen LogP contribution is -2.23. The van der Waals surface area contributed by atoms with E-state index in [0.29, 0.717) is 39.5 Å². The summed E-state index contributed by atoms with van der Waals surface area (Å²) in [6.45, 7) is 1.74. The molecule has 8 heteroatoms. The number of fused-ring (bicyclic) bond motifs is 1. The highest BCUT2D eigenvalue weighted by atomic mass is 19.1. The number of aryl methyl sites for hydroxylation is 1. The number of pyridine rings is 1. The van der Waals surface area contributed by atoms with Crippen LogP contribution in [0.25, 0.3) is 11.1 Å². The van der Waals surface area contributed by atoms with Crippen molar-refractivity contribution < 1.29 is 28.2 Å². The average Bonchev–Trinajstić information content (AvgIpc) is 2.87. The van der Waals surface area contributed by atoms with Crippen LogP contribution in [0.3, 0.4) is 0 Å². The fraction of sp³-hybridized carbons (Fsp3) is 0.333. The highest BCUT2D eigenvalue weighted by Gasteiger charge is 2.27. The van der Waals surface area contributed by atoms with Crippen LogP contribution in [0.4, 0.5) is 4.39 Å². The van der Waals surface area contributed by atoms with E-state index in [-0.39, 0.29) is 6.10 Å². The Morgan fingerprint density at radius 1 is 1.17 bits per heavy atom. The normalized spacial score (nSPS) is 15.5. The molecule has 0 saturated heterocycles. The standard InChI is InChI=1S/C27H28FN2O5/c1-16(27(31)30(2)32)11-17-5-6-18-7-10-24(35-25(18)12-17)23-14-26(34-4)21(15-29-23)20-13-19(33-3)8-9-22(20)28/h5-6,8-9,12-16,24H,7,10-11H2,1-4H3/q+1. The summed E-state index contributed by atoms with van der Waals surface area (Å²) in [6, 6.07) is 12.2. The zero-order chi connectivity index (χ0) is 25.1. The SMILES string of the molecule is COc1ccc(F)c(-c2cnc(C3CCc4ccc(CC(C)C(=O)[N+](C)=O)cc4O3)cc2OC)c1. The van der Waals surface area contributed by atoms with Crippen LogP contribution in [0.5, 0.6) is 17.2 Å². The third kappa shape index (κ3) is 5.16. The summed E-state index contributed by atoms with van der Waals surface area (Å²) in [5.74, 6) is 0.478. The number of hydrogen-bond donors (Lipinski definition) is 0. The van der Waals surface area contributed by atoms with Gasteiger partial charge in [-0.15, -0.1) is 0 Å². The monoisotopic (exact) mass is 479 g/mol. The number of carbonyl (C=O) groups excluding carboxylic acids is 1. The van der Waals surface area contributed by atoms with Crippen LogP contribution in [0.1, 0.15) is 36.3 Å². The van der Waals surface area contributed by atoms with Crippen LogP contribution in [0.2, 0.25) is 0 Å². The predicted octanol–water partition coefficient (Wildman–Crippen LogP) is 5.09. The van der Waals surface area contributed by atoms with E-state index in [0.717, 1.165) is 29.7 Å². The first-order chi connectivity index (χ1) is 16.8. The Hall–Kier alpha value is -3.81. The number of hydrogen-bond acceptors (Lipinski definition) is 6. The van der Waals surface area contributed by atoms with Gasteiger partial charge in [-0.25, -0.2) is 9.18 Å². The minimum absolute atomic E-state index is 0.303. The van der Waals surface area contributed by atoms with Gasteiger partial charge in [0.2, 0.25) is 0 Å². The molecular weight excluding hydrogens is 451 g/mol. The molecule has 0 aliphatic carbocycles. The Morgan fingerprint density at radius 3 is 2.69 bits per heavy atom. The summed E-state index contributed by atoms with van der Waals surface area (Å²) < 4.78 is 32.0. The van der Waals surface area contributed by atoms with Crippen LogP contribution >= 0.6 is 0 Å². The number of rotatable bonds is 7. The lowest BCUT2D eigenvalue weighted by Gasteiger charge is -2.27. The molecule has 3 aromatic rings. The molecule has 1 aromatic heterocycles. The van der Waals surface area contributed by atoms with Gasteiger partial charge in [0.05, 0.1) is 30.6 Å². The number of nitroso groups, excluding NO2 is 1. The molecule has 2 aromatic carbocycles. The molecule has 0 bridgehead atoms. The van der Waals surface area contributed by atoms with E-state index in [2.05, 4.69) is 4.98 Å². The van der Waals surface area contributed by atoms with Gasteiger partial charge in [-0.1, -0.05) is 12.1 Å². The number of nitrogens with zero attached hydrogens (tertiary/aromatic N) is 2. The van der Waals surface area contributed by atoms with Crippen molar-refractivity contribution in [3.8, 4) is 28.4 Å². The Kier molecular flexibility index (Phi) is 7.10. The molecule has 1 aliphatic rings. The minimum atomic E-state index is -0.453. The topological polar surface area (TPSA) is 77.7 Å². The van der Waals surface area contributed by atoms with Gasteiger partial charge < -0.3 is 14.2 Å². The van der Waals surface area contributed by atoms with Crippen molar-refractivity contribution in [2.45, 2.75) is 32.3 Å². The number of halogens is 1. The van der Waals surface area contributed by atoms with E-state index in [1.807, 2.05) is 18.2 Å². The first-order valence-electron chi connectivity index (χ1n) is 11.4. The van der Waals surface area contributed by atoms with Crippen LogP contribution in [0, 0.1) is 16.6 Å². The number of aromatic nitrogens is 1. The van der Waals surface area contributed by atoms with Crippen molar-refractivity contribution >= 4 is 5.91 Å². The van der Waals surface area contributed by atoms with E-state index in [4.69, 9.17) is 14.2 Å². The van der Waals surface area contributed by atoms with Crippen LogP contribution in [-0.2, 0) is 17.6 Å². The van der Waals surface area contributed by atoms with Crippen molar-refractivity contribution in [3.63, 3.8) is 0 Å². The van der Waals surface area contributed by atoms with Crippen molar-refractivity contribution in [1.29, 1.82) is 0 Å². The number of methoxy groups -OCH3 is 2. The fourth-order valence-corrected chi connectivity index (χ4v) is 4.34. The van der Waals surface area contributed by atoms with Gasteiger partial charge in [0.1, 0.15) is 29.2 Å². The quantitative estimate of drug-likeness (QED) is 0.440. The first kappa shape index (κ1) is 24.3. The molecule has 4 rings (SSSR count). The summed E-state index contributed by atoms with van der Waals surface area (Å²) in [4.78, 5) is 27.8. The lowest BCUT2D eigenvalue weighted by molar-refractivity contribution is -0.442. The van der Waals surface area contributed by atoms with E-state index >= 15 is 0 Å². The molecule has 2 heterocycles. The highest BCUT2D eigenvalue weighted by Crippen LogP contribution is 2.39. The van der Waals surface area contributed by atoms with Crippen molar-refractivity contribution in [1.82, 2.24) is 4.98 Å². The summed E-state index contributed by atoms with van der Waals surface area (Å²) in [6.07, 6.45) is 3.26. The van der Waals surface area contributed by atoms with Gasteiger partial charge in [0.25, 0.3) is 0 Å². The number of ether oxygens (including phenoxy) is 3. The molecule has 1 aliphatic heterocycles. The second-order valence-electron chi connectivity index (χ2n) is 8.68. The van der Waals surface area contributed by atoms with Gasteiger partial charge >= 0.3 is 5.91 Å². The smallest absolute Gasteiger partial charge is 0.435 e. The van der Waals surface area contributed by atoms with Crippen LogP contribution in [0.15, 0.2) is 48.7 Å². The predicted molar refractivity (Wildman–Crippen MR) is 128 cm³/mol. The number of benzene rings is 2. The molecule has 0 radical (unpaired) electrons. The first-order valence-corrected chi connectivity index (χ1v) is 11.4. The van der Waals surface area contributed by atoms with Gasteiger partial charge in [-0.2, -0.15) is 0 Å². The van der Waals surface area contributed by atoms with Gasteiger partial charge in [0, 0.05) is 28.3 Å². The molecule has 0 spiro atoms. The highest BCUT2D eigenvalue weighted by molar-refractivity contribution is 5.72.